The smallest absolute Gasteiger partial charge is 0.338 e. The zero-order valence-corrected chi connectivity index (χ0v) is 15.3. The summed E-state index contributed by atoms with van der Waals surface area (Å²) in [5.74, 6) is -1.09. The number of nitrogens with one attached hydrogen (secondary N) is 1. The normalized spacial score (nSPS) is 11.1. The van der Waals surface area contributed by atoms with Crippen molar-refractivity contribution in [3.05, 3.63) is 90.0 Å². The number of benzene rings is 3. The van der Waals surface area contributed by atoms with E-state index in [4.69, 9.17) is 10.00 Å². The lowest BCUT2D eigenvalue weighted by molar-refractivity contribution is -0.123. The van der Waals surface area contributed by atoms with Crippen LogP contribution in [0.25, 0.3) is 11.1 Å². The highest BCUT2D eigenvalue weighted by Gasteiger charge is 2.20. The van der Waals surface area contributed by atoms with E-state index in [-0.39, 0.29) is 5.56 Å². The third kappa shape index (κ3) is 4.43. The van der Waals surface area contributed by atoms with Crippen LogP contribution in [-0.2, 0) is 9.53 Å². The maximum atomic E-state index is 12.5. The van der Waals surface area contributed by atoms with Gasteiger partial charge < -0.3 is 10.1 Å². The summed E-state index contributed by atoms with van der Waals surface area (Å²) in [7, 11) is 0. The van der Waals surface area contributed by atoms with Crippen molar-refractivity contribution in [2.75, 3.05) is 5.32 Å². The van der Waals surface area contributed by atoms with E-state index in [1.165, 1.54) is 13.0 Å². The lowest BCUT2D eigenvalue weighted by Gasteiger charge is -2.16. The number of ether oxygens (including phenoxy) is 1. The average Bonchev–Trinajstić information content (AvgIpc) is 2.74. The van der Waals surface area contributed by atoms with Gasteiger partial charge in [0.15, 0.2) is 6.10 Å². The molecule has 0 aliphatic rings. The minimum Gasteiger partial charge on any atom is -0.449 e. The van der Waals surface area contributed by atoms with E-state index in [0.29, 0.717) is 11.3 Å². The van der Waals surface area contributed by atoms with Gasteiger partial charge in [0.1, 0.15) is 0 Å². The molecular formula is C23H18N2O3. The highest BCUT2D eigenvalue weighted by Crippen LogP contribution is 2.27. The minimum absolute atomic E-state index is 0.225. The lowest BCUT2D eigenvalue weighted by atomic mass is 10.0. The lowest BCUT2D eigenvalue weighted by Crippen LogP contribution is -2.30. The van der Waals surface area contributed by atoms with E-state index in [1.807, 2.05) is 54.6 Å². The first kappa shape index (κ1) is 18.9. The fourth-order valence-corrected chi connectivity index (χ4v) is 2.69. The second-order valence-corrected chi connectivity index (χ2v) is 6.14. The van der Waals surface area contributed by atoms with Crippen LogP contribution < -0.4 is 5.32 Å². The molecule has 1 atom stereocenters. The highest BCUT2D eigenvalue weighted by molar-refractivity contribution is 6.00. The van der Waals surface area contributed by atoms with Crippen LogP contribution in [0.3, 0.4) is 0 Å². The summed E-state index contributed by atoms with van der Waals surface area (Å²) in [6.45, 7) is 1.51. The Bertz CT molecular complexity index is 1040. The number of nitrogens with zero attached hydrogens (tertiary/aromatic N) is 1. The number of nitriles is 1. The summed E-state index contributed by atoms with van der Waals surface area (Å²) in [5, 5.41) is 11.8. The fourth-order valence-electron chi connectivity index (χ4n) is 2.69. The Morgan fingerprint density at radius 2 is 1.68 bits per heavy atom. The Morgan fingerprint density at radius 3 is 2.43 bits per heavy atom. The molecule has 28 heavy (non-hydrogen) atoms. The van der Waals surface area contributed by atoms with Gasteiger partial charge in [-0.2, -0.15) is 5.26 Å². The molecule has 5 heteroatoms. The van der Waals surface area contributed by atoms with Crippen molar-refractivity contribution < 1.29 is 14.3 Å². The van der Waals surface area contributed by atoms with Crippen molar-refractivity contribution in [2.45, 2.75) is 13.0 Å². The van der Waals surface area contributed by atoms with Crippen molar-refractivity contribution in [1.29, 1.82) is 5.26 Å². The van der Waals surface area contributed by atoms with Crippen molar-refractivity contribution in [3.8, 4) is 17.2 Å². The number of carbonyl (C=O) groups excluding carboxylic acids is 2. The van der Waals surface area contributed by atoms with Crippen molar-refractivity contribution in [3.63, 3.8) is 0 Å². The van der Waals surface area contributed by atoms with Gasteiger partial charge in [-0.15, -0.1) is 0 Å². The van der Waals surface area contributed by atoms with Gasteiger partial charge in [0, 0.05) is 11.3 Å². The zero-order valence-electron chi connectivity index (χ0n) is 15.3. The van der Waals surface area contributed by atoms with Gasteiger partial charge in [-0.1, -0.05) is 54.6 Å². The maximum absolute atomic E-state index is 12.5. The van der Waals surface area contributed by atoms with Crippen LogP contribution in [0.4, 0.5) is 5.69 Å². The molecule has 0 heterocycles. The number of hydrogen-bond donors (Lipinski definition) is 1. The predicted molar refractivity (Wildman–Crippen MR) is 107 cm³/mol. The first-order valence-electron chi connectivity index (χ1n) is 8.75. The van der Waals surface area contributed by atoms with E-state index >= 15 is 0 Å². The number of para-hydroxylation sites is 1. The van der Waals surface area contributed by atoms with Gasteiger partial charge in [-0.25, -0.2) is 4.79 Å². The molecule has 0 radical (unpaired) electrons. The molecule has 138 valence electrons. The number of amides is 1. The van der Waals surface area contributed by atoms with Crippen molar-refractivity contribution in [2.24, 2.45) is 0 Å². The van der Waals surface area contributed by atoms with Gasteiger partial charge in [-0.3, -0.25) is 4.79 Å². The quantitative estimate of drug-likeness (QED) is 0.675. The Hall–Kier alpha value is -3.91. The largest absolute Gasteiger partial charge is 0.449 e. The van der Waals surface area contributed by atoms with Gasteiger partial charge >= 0.3 is 5.97 Å². The summed E-state index contributed by atoms with van der Waals surface area (Å²) in [6.07, 6.45) is -0.998. The summed E-state index contributed by atoms with van der Waals surface area (Å²) < 4.78 is 5.26. The van der Waals surface area contributed by atoms with Crippen LogP contribution >= 0.6 is 0 Å². The molecule has 3 aromatic rings. The molecule has 3 rings (SSSR count). The summed E-state index contributed by atoms with van der Waals surface area (Å²) in [6, 6.07) is 25.2. The number of carbonyl (C=O) groups is 2. The Balaban J connectivity index is 1.71. The number of rotatable bonds is 5. The second-order valence-electron chi connectivity index (χ2n) is 6.14. The number of hydrogen-bond acceptors (Lipinski definition) is 4. The molecule has 0 saturated heterocycles. The van der Waals surface area contributed by atoms with Gasteiger partial charge in [0.2, 0.25) is 0 Å². The van der Waals surface area contributed by atoms with Crippen LogP contribution in [-0.4, -0.2) is 18.0 Å². The van der Waals surface area contributed by atoms with E-state index in [1.54, 1.807) is 24.3 Å². The standard InChI is InChI=1S/C23H18N2O3/c1-16(28-23(27)19-11-7-8-17(14-19)15-24)22(26)25-21-13-6-5-12-20(21)18-9-3-2-4-10-18/h2-14,16H,1H3,(H,25,26)/t16-/m0/s1. The minimum atomic E-state index is -0.998. The van der Waals surface area contributed by atoms with Crippen LogP contribution in [0.5, 0.6) is 0 Å². The maximum Gasteiger partial charge on any atom is 0.338 e. The predicted octanol–water partition coefficient (Wildman–Crippen LogP) is 4.41. The van der Waals surface area contributed by atoms with Crippen molar-refractivity contribution in [1.82, 2.24) is 0 Å². The van der Waals surface area contributed by atoms with Crippen molar-refractivity contribution >= 4 is 17.6 Å². The van der Waals surface area contributed by atoms with Gasteiger partial charge in [-0.05, 0) is 36.8 Å². The molecule has 0 bridgehead atoms. The van der Waals surface area contributed by atoms with Crippen LogP contribution in [0.15, 0.2) is 78.9 Å². The highest BCUT2D eigenvalue weighted by atomic mass is 16.5. The summed E-state index contributed by atoms with van der Waals surface area (Å²) in [5.41, 5.74) is 3.05. The molecule has 5 nitrogen and oxygen atoms in total. The Kier molecular flexibility index (Phi) is 5.83. The first-order chi connectivity index (χ1) is 13.6. The number of anilines is 1. The van der Waals surface area contributed by atoms with E-state index in [2.05, 4.69) is 5.32 Å². The van der Waals surface area contributed by atoms with Crippen LogP contribution in [0, 0.1) is 11.3 Å². The first-order valence-corrected chi connectivity index (χ1v) is 8.75. The summed E-state index contributed by atoms with van der Waals surface area (Å²) in [4.78, 5) is 24.8. The topological polar surface area (TPSA) is 79.2 Å². The van der Waals surface area contributed by atoms with Gasteiger partial charge in [0.05, 0.1) is 17.2 Å². The van der Waals surface area contributed by atoms with E-state index < -0.39 is 18.0 Å². The average molecular weight is 370 g/mol. The molecule has 1 N–H and O–H groups in total. The third-order valence-corrected chi connectivity index (χ3v) is 4.15. The molecule has 0 spiro atoms. The van der Waals surface area contributed by atoms with Gasteiger partial charge in [0.25, 0.3) is 5.91 Å². The molecule has 0 aliphatic carbocycles. The molecule has 3 aromatic carbocycles. The fraction of sp³-hybridized carbons (Fsp3) is 0.0870. The Labute approximate surface area is 163 Å². The molecular weight excluding hydrogens is 352 g/mol. The second kappa shape index (κ2) is 8.65. The molecule has 0 unspecified atom stereocenters. The summed E-state index contributed by atoms with van der Waals surface area (Å²) >= 11 is 0. The SMILES string of the molecule is C[C@H](OC(=O)c1cccc(C#N)c1)C(=O)Nc1ccccc1-c1ccccc1. The monoisotopic (exact) mass is 370 g/mol. The zero-order chi connectivity index (χ0) is 19.9. The molecule has 0 aromatic heterocycles. The molecule has 1 amide bonds. The van der Waals surface area contributed by atoms with E-state index in [0.717, 1.165) is 11.1 Å². The molecule has 0 saturated carbocycles. The molecule has 0 fully saturated rings. The molecule has 0 aliphatic heterocycles. The van der Waals surface area contributed by atoms with E-state index in [9.17, 15) is 9.59 Å². The Morgan fingerprint density at radius 1 is 0.964 bits per heavy atom. The third-order valence-electron chi connectivity index (χ3n) is 4.15. The van der Waals surface area contributed by atoms with Crippen LogP contribution in [0.1, 0.15) is 22.8 Å². The number of esters is 1. The van der Waals surface area contributed by atoms with Crippen LogP contribution in [0.2, 0.25) is 0 Å².